The van der Waals surface area contributed by atoms with Crippen LogP contribution in [-0.4, -0.2) is 55.4 Å². The number of nitriles is 1. The van der Waals surface area contributed by atoms with Gasteiger partial charge < -0.3 is 10.1 Å². The van der Waals surface area contributed by atoms with Crippen LogP contribution >= 0.6 is 7.87 Å². The Bertz CT molecular complexity index is 1660. The molecule has 3 unspecified atom stereocenters. The number of rotatable bonds is 12. The fourth-order valence-electron chi connectivity index (χ4n) is 6.60. The van der Waals surface area contributed by atoms with Crippen molar-refractivity contribution < 1.29 is 14.2 Å². The average Bonchev–Trinajstić information content (AvgIpc) is 3.62. The number of aliphatic imine (C=N–C) groups is 1. The summed E-state index contributed by atoms with van der Waals surface area (Å²) in [7, 11) is -3.28. The van der Waals surface area contributed by atoms with E-state index in [0.29, 0.717) is 12.0 Å². The molecule has 46 heavy (non-hydrogen) atoms. The summed E-state index contributed by atoms with van der Waals surface area (Å²) in [5.41, 5.74) is 1.53. The minimum absolute atomic E-state index is 0.0443. The van der Waals surface area contributed by atoms with Gasteiger partial charge in [-0.2, -0.15) is 9.79 Å². The molecule has 11 nitrogen and oxygen atoms in total. The van der Waals surface area contributed by atoms with Crippen LogP contribution in [0.5, 0.6) is 0 Å². The van der Waals surface area contributed by atoms with Gasteiger partial charge in [0.15, 0.2) is 0 Å². The number of hydrogen-bond donors (Lipinski definition) is 3. The topological polar surface area (TPSA) is 145 Å². The summed E-state index contributed by atoms with van der Waals surface area (Å²) in [5, 5.41) is 13.1. The number of aryl methyl sites for hydroxylation is 1. The summed E-state index contributed by atoms with van der Waals surface area (Å²) >= 11 is 0. The summed E-state index contributed by atoms with van der Waals surface area (Å²) in [6, 6.07) is 22.1. The lowest BCUT2D eigenvalue weighted by Crippen LogP contribution is -2.41. The highest BCUT2D eigenvalue weighted by Crippen LogP contribution is 2.63. The molecule has 1 aromatic heterocycles. The van der Waals surface area contributed by atoms with Crippen LogP contribution in [0.25, 0.3) is 0 Å². The van der Waals surface area contributed by atoms with Crippen molar-refractivity contribution in [2.45, 2.75) is 96.5 Å². The van der Waals surface area contributed by atoms with E-state index in [1.807, 2.05) is 68.8 Å². The molecule has 2 aliphatic heterocycles. The Morgan fingerprint density at radius 3 is 2.33 bits per heavy atom. The lowest BCUT2D eigenvalue weighted by molar-refractivity contribution is -0.0154. The number of amidine groups is 1. The summed E-state index contributed by atoms with van der Waals surface area (Å²) in [6.45, 7) is 9.63. The number of nitrogens with one attached hydrogen (secondary N) is 2. The number of aromatic amines is 1. The fourth-order valence-corrected chi connectivity index (χ4v) is 9.54. The molecule has 2 aromatic carbocycles. The van der Waals surface area contributed by atoms with E-state index in [-0.39, 0.29) is 43.2 Å². The van der Waals surface area contributed by atoms with Gasteiger partial charge in [0.05, 0.1) is 24.6 Å². The van der Waals surface area contributed by atoms with E-state index in [1.165, 1.54) is 10.8 Å². The van der Waals surface area contributed by atoms with Crippen molar-refractivity contribution in [1.29, 1.82) is 5.26 Å². The second kappa shape index (κ2) is 14.4. The van der Waals surface area contributed by atoms with E-state index in [4.69, 9.17) is 14.3 Å². The number of nitrogens with zero attached hydrogens (tertiary/aromatic N) is 4. The minimum atomic E-state index is -3.28. The molecular formula is C34H44N6O5P+. The predicted octanol–water partition coefficient (Wildman–Crippen LogP) is 5.18. The molecular weight excluding hydrogens is 603 g/mol. The van der Waals surface area contributed by atoms with Crippen LogP contribution < -0.4 is 16.6 Å². The van der Waals surface area contributed by atoms with Crippen molar-refractivity contribution in [3.63, 3.8) is 0 Å². The Hall–Kier alpha value is -3.65. The Balaban J connectivity index is 1.50. The van der Waals surface area contributed by atoms with E-state index >= 15 is 0 Å². The highest BCUT2D eigenvalue weighted by atomic mass is 31.2. The van der Waals surface area contributed by atoms with E-state index < -0.39 is 37.6 Å². The van der Waals surface area contributed by atoms with E-state index in [0.717, 1.165) is 17.0 Å². The molecule has 0 radical (unpaired) electrons. The molecule has 5 rings (SSSR count). The molecule has 0 aliphatic carbocycles. The van der Waals surface area contributed by atoms with Gasteiger partial charge in [0.25, 0.3) is 5.56 Å². The standard InChI is InChI=1S/C34H43N6O5P/c1-22(2)40(23(3)4)46(43,18-12-17-35)45-28-20-30(39-21-24(5)33(41)38-34(39)42)44-27(28)19-29-36-31(25-13-8-6-9-14-25)32(37-29)26-15-10-7-11-16-26/h6-11,13-16,21-23,27-28,30-32,43H,12,18-20H2,1-5H3,(H-,36,37,38,41,42)/p+1/t27-,28+,30-,31?,32?,46?/m1/s1. The lowest BCUT2D eigenvalue weighted by atomic mass is 9.95. The predicted molar refractivity (Wildman–Crippen MR) is 179 cm³/mol. The average molecular weight is 648 g/mol. The van der Waals surface area contributed by atoms with E-state index in [2.05, 4.69) is 40.6 Å². The maximum atomic E-state index is 12.9. The third-order valence-electron chi connectivity index (χ3n) is 8.50. The molecule has 0 spiro atoms. The molecule has 6 atom stereocenters. The number of hydrogen-bond acceptors (Lipinski definition) is 9. The summed E-state index contributed by atoms with van der Waals surface area (Å²) in [5.74, 6) is 0.732. The largest absolute Gasteiger partial charge is 0.364 e. The van der Waals surface area contributed by atoms with Gasteiger partial charge in [0.1, 0.15) is 30.4 Å². The summed E-state index contributed by atoms with van der Waals surface area (Å²) < 4.78 is 16.6. The van der Waals surface area contributed by atoms with E-state index in [9.17, 15) is 19.7 Å². The summed E-state index contributed by atoms with van der Waals surface area (Å²) in [6.07, 6.45) is 0.444. The Morgan fingerprint density at radius 2 is 1.72 bits per heavy atom. The van der Waals surface area contributed by atoms with Crippen LogP contribution in [0.2, 0.25) is 0 Å². The van der Waals surface area contributed by atoms with Gasteiger partial charge in [0, 0.05) is 36.7 Å². The molecule has 244 valence electrons. The van der Waals surface area contributed by atoms with Crippen LogP contribution in [0.4, 0.5) is 0 Å². The Morgan fingerprint density at radius 1 is 1.09 bits per heavy atom. The van der Waals surface area contributed by atoms with Gasteiger partial charge in [-0.15, -0.1) is 4.67 Å². The number of aromatic nitrogens is 2. The first kappa shape index (κ1) is 33.7. The van der Waals surface area contributed by atoms with Crippen LogP contribution in [0.1, 0.15) is 82.0 Å². The fraction of sp³-hybridized carbons (Fsp3) is 0.471. The molecule has 0 saturated carbocycles. The number of benzene rings is 2. The normalized spacial score (nSPS) is 24.2. The third kappa shape index (κ3) is 7.33. The lowest BCUT2D eigenvalue weighted by Gasteiger charge is -2.36. The second-order valence-electron chi connectivity index (χ2n) is 12.5. The van der Waals surface area contributed by atoms with Crippen molar-refractivity contribution in [1.82, 2.24) is 19.5 Å². The van der Waals surface area contributed by atoms with Gasteiger partial charge in [-0.3, -0.25) is 19.3 Å². The van der Waals surface area contributed by atoms with Crippen molar-refractivity contribution in [3.05, 3.63) is 104 Å². The Kier molecular flexibility index (Phi) is 10.6. The number of ether oxygens (including phenoxy) is 1. The Labute approximate surface area is 270 Å². The van der Waals surface area contributed by atoms with Crippen LogP contribution in [0, 0.1) is 18.3 Å². The monoisotopic (exact) mass is 647 g/mol. The van der Waals surface area contributed by atoms with Crippen LogP contribution in [0.3, 0.4) is 0 Å². The highest BCUT2D eigenvalue weighted by Gasteiger charge is 2.54. The van der Waals surface area contributed by atoms with Crippen LogP contribution in [0.15, 0.2) is 81.4 Å². The summed E-state index contributed by atoms with van der Waals surface area (Å²) in [4.78, 5) is 44.8. The molecule has 1 saturated heterocycles. The first-order chi connectivity index (χ1) is 22.0. The molecule has 12 heteroatoms. The molecule has 3 heterocycles. The zero-order valence-electron chi connectivity index (χ0n) is 27.0. The first-order valence-corrected chi connectivity index (χ1v) is 17.7. The van der Waals surface area contributed by atoms with Gasteiger partial charge >= 0.3 is 13.6 Å². The van der Waals surface area contributed by atoms with Gasteiger partial charge in [-0.25, -0.2) is 9.69 Å². The zero-order valence-corrected chi connectivity index (χ0v) is 27.9. The molecule has 3 aromatic rings. The molecule has 1 fully saturated rings. The molecule has 2 aliphatic rings. The second-order valence-corrected chi connectivity index (χ2v) is 15.0. The van der Waals surface area contributed by atoms with Crippen LogP contribution in [-0.2, 0) is 9.26 Å². The molecule has 0 bridgehead atoms. The van der Waals surface area contributed by atoms with Crippen molar-refractivity contribution in [2.75, 3.05) is 6.16 Å². The zero-order chi connectivity index (χ0) is 33.0. The highest BCUT2D eigenvalue weighted by molar-refractivity contribution is 7.63. The van der Waals surface area contributed by atoms with Gasteiger partial charge in [-0.1, -0.05) is 60.7 Å². The minimum Gasteiger partial charge on any atom is -0.364 e. The SMILES string of the molecule is Cc1cn([C@H]2C[C@H](O[P+](O)(CCC#N)N(C(C)C)C(C)C)[C@@H](CC3=NC(c4ccccc4)C(c4ccccc4)N3)O2)c(=O)[nH]c1=O. The maximum Gasteiger partial charge on any atom is 0.347 e. The van der Waals surface area contributed by atoms with Crippen molar-refractivity contribution in [3.8, 4) is 6.07 Å². The maximum absolute atomic E-state index is 12.9. The smallest absolute Gasteiger partial charge is 0.347 e. The van der Waals surface area contributed by atoms with Crippen molar-refractivity contribution in [2.24, 2.45) is 4.99 Å². The molecule has 0 amide bonds. The van der Waals surface area contributed by atoms with Crippen molar-refractivity contribution >= 4 is 13.7 Å². The number of H-pyrrole nitrogens is 1. The van der Waals surface area contributed by atoms with Gasteiger partial charge in [0.2, 0.25) is 0 Å². The molecule has 3 N–H and O–H groups in total. The quantitative estimate of drug-likeness (QED) is 0.228. The van der Waals surface area contributed by atoms with E-state index in [1.54, 1.807) is 6.92 Å². The third-order valence-corrected chi connectivity index (χ3v) is 11.6. The van der Waals surface area contributed by atoms with Gasteiger partial charge in [-0.05, 0) is 45.7 Å². The first-order valence-electron chi connectivity index (χ1n) is 15.9.